The van der Waals surface area contributed by atoms with Crippen LogP contribution in [0, 0.1) is 5.82 Å². The van der Waals surface area contributed by atoms with Crippen LogP contribution in [0.3, 0.4) is 0 Å². The number of thiophene rings is 1. The Kier molecular flexibility index (Phi) is 4.81. The predicted molar refractivity (Wildman–Crippen MR) is 104 cm³/mol. The quantitative estimate of drug-likeness (QED) is 0.463. The van der Waals surface area contributed by atoms with E-state index in [1.807, 2.05) is 34.3 Å². The van der Waals surface area contributed by atoms with Crippen molar-refractivity contribution in [3.05, 3.63) is 87.2 Å². The standard InChI is InChI=1S/C19H13FN4S2/c20-17-6-2-1-5-16(17)18-13-26-19(23-15-4-3-8-21-11-15)24(18)22-10-14-7-9-25-12-14/h1-13H. The van der Waals surface area contributed by atoms with Crippen LogP contribution in [0.5, 0.6) is 0 Å². The fraction of sp³-hybridized carbons (Fsp3) is 0. The Hall–Kier alpha value is -2.90. The van der Waals surface area contributed by atoms with Crippen molar-refractivity contribution in [2.24, 2.45) is 10.1 Å². The van der Waals surface area contributed by atoms with E-state index in [0.717, 1.165) is 5.56 Å². The molecule has 3 heterocycles. The summed E-state index contributed by atoms with van der Waals surface area (Å²) in [6, 6.07) is 12.3. The summed E-state index contributed by atoms with van der Waals surface area (Å²) in [5.41, 5.74) is 2.84. The molecule has 0 saturated carbocycles. The first-order chi connectivity index (χ1) is 12.8. The van der Waals surface area contributed by atoms with Gasteiger partial charge in [-0.05, 0) is 41.1 Å². The molecule has 0 amide bonds. The number of rotatable bonds is 4. The lowest BCUT2D eigenvalue weighted by Crippen LogP contribution is -2.11. The highest BCUT2D eigenvalue weighted by Gasteiger charge is 2.11. The van der Waals surface area contributed by atoms with Gasteiger partial charge in [-0.1, -0.05) is 12.1 Å². The van der Waals surface area contributed by atoms with Gasteiger partial charge in [-0.15, -0.1) is 11.3 Å². The van der Waals surface area contributed by atoms with Crippen LogP contribution in [0.25, 0.3) is 11.3 Å². The van der Waals surface area contributed by atoms with Crippen molar-refractivity contribution < 1.29 is 4.39 Å². The van der Waals surface area contributed by atoms with Gasteiger partial charge in [0.05, 0.1) is 23.8 Å². The average Bonchev–Trinajstić information content (AvgIpc) is 3.31. The zero-order chi connectivity index (χ0) is 17.8. The van der Waals surface area contributed by atoms with Gasteiger partial charge in [0.2, 0.25) is 4.80 Å². The Bertz CT molecular complexity index is 1100. The van der Waals surface area contributed by atoms with Gasteiger partial charge in [0.15, 0.2) is 0 Å². The number of aromatic nitrogens is 2. The minimum absolute atomic E-state index is 0.294. The second-order valence-corrected chi connectivity index (χ2v) is 6.94. The predicted octanol–water partition coefficient (Wildman–Crippen LogP) is 4.93. The molecule has 0 aliphatic heterocycles. The summed E-state index contributed by atoms with van der Waals surface area (Å²) in [5.74, 6) is -0.294. The molecular weight excluding hydrogens is 367 g/mol. The first-order valence-corrected chi connectivity index (χ1v) is 9.60. The van der Waals surface area contributed by atoms with E-state index in [1.165, 1.54) is 17.4 Å². The summed E-state index contributed by atoms with van der Waals surface area (Å²) in [5, 5.41) is 10.4. The Morgan fingerprint density at radius 2 is 2.00 bits per heavy atom. The van der Waals surface area contributed by atoms with Gasteiger partial charge in [0.1, 0.15) is 5.82 Å². The zero-order valence-corrected chi connectivity index (χ0v) is 15.1. The van der Waals surface area contributed by atoms with Crippen molar-refractivity contribution in [3.8, 4) is 11.3 Å². The lowest BCUT2D eigenvalue weighted by Gasteiger charge is -2.04. The number of pyridine rings is 1. The van der Waals surface area contributed by atoms with Gasteiger partial charge >= 0.3 is 0 Å². The number of benzene rings is 1. The van der Waals surface area contributed by atoms with Crippen molar-refractivity contribution in [1.29, 1.82) is 0 Å². The molecule has 128 valence electrons. The maximum atomic E-state index is 14.3. The van der Waals surface area contributed by atoms with Crippen LogP contribution in [-0.4, -0.2) is 15.9 Å². The Morgan fingerprint density at radius 3 is 2.77 bits per heavy atom. The van der Waals surface area contributed by atoms with Crippen LogP contribution in [0.2, 0.25) is 0 Å². The Labute approximate surface area is 157 Å². The molecular formula is C19H13FN4S2. The highest BCUT2D eigenvalue weighted by molar-refractivity contribution is 7.08. The van der Waals surface area contributed by atoms with Crippen molar-refractivity contribution in [2.75, 3.05) is 0 Å². The summed E-state index contributed by atoms with van der Waals surface area (Å²) in [7, 11) is 0. The molecule has 7 heteroatoms. The molecule has 0 atom stereocenters. The third kappa shape index (κ3) is 3.54. The van der Waals surface area contributed by atoms with Gasteiger partial charge in [-0.2, -0.15) is 16.4 Å². The smallest absolute Gasteiger partial charge is 0.211 e. The number of halogens is 1. The minimum atomic E-state index is -0.294. The van der Waals surface area contributed by atoms with E-state index in [-0.39, 0.29) is 5.82 Å². The van der Waals surface area contributed by atoms with Crippen molar-refractivity contribution in [3.63, 3.8) is 0 Å². The summed E-state index contributed by atoms with van der Waals surface area (Å²) >= 11 is 3.00. The SMILES string of the molecule is Fc1ccccc1-c1csc(=Nc2cccnc2)n1N=Cc1ccsc1. The second-order valence-electron chi connectivity index (χ2n) is 5.32. The van der Waals surface area contributed by atoms with Crippen LogP contribution in [-0.2, 0) is 0 Å². The van der Waals surface area contributed by atoms with E-state index in [1.54, 1.807) is 52.8 Å². The molecule has 1 aromatic carbocycles. The number of nitrogens with zero attached hydrogens (tertiary/aromatic N) is 4. The average molecular weight is 380 g/mol. The molecule has 4 nitrogen and oxygen atoms in total. The Balaban J connectivity index is 1.88. The highest BCUT2D eigenvalue weighted by Crippen LogP contribution is 2.23. The molecule has 0 fully saturated rings. The normalized spacial score (nSPS) is 12.1. The topological polar surface area (TPSA) is 42.5 Å². The maximum absolute atomic E-state index is 14.3. The minimum Gasteiger partial charge on any atom is -0.262 e. The largest absolute Gasteiger partial charge is 0.262 e. The molecule has 0 radical (unpaired) electrons. The molecule has 0 aliphatic rings. The third-order valence-electron chi connectivity index (χ3n) is 3.57. The molecule has 26 heavy (non-hydrogen) atoms. The fourth-order valence-electron chi connectivity index (χ4n) is 2.35. The summed E-state index contributed by atoms with van der Waals surface area (Å²) in [6.45, 7) is 0. The summed E-state index contributed by atoms with van der Waals surface area (Å²) in [6.07, 6.45) is 5.12. The van der Waals surface area contributed by atoms with Crippen molar-refractivity contribution in [1.82, 2.24) is 9.66 Å². The first kappa shape index (κ1) is 16.6. The molecule has 3 aromatic heterocycles. The van der Waals surface area contributed by atoms with Crippen LogP contribution >= 0.6 is 22.7 Å². The monoisotopic (exact) mass is 380 g/mol. The van der Waals surface area contributed by atoms with Crippen LogP contribution in [0.4, 0.5) is 10.1 Å². The molecule has 0 aliphatic carbocycles. The molecule has 0 unspecified atom stereocenters. The Morgan fingerprint density at radius 1 is 1.08 bits per heavy atom. The molecule has 4 rings (SSSR count). The molecule has 0 bridgehead atoms. The van der Waals surface area contributed by atoms with Crippen LogP contribution in [0.1, 0.15) is 5.56 Å². The van der Waals surface area contributed by atoms with Crippen LogP contribution in [0.15, 0.2) is 81.1 Å². The fourth-order valence-corrected chi connectivity index (χ4v) is 3.80. The highest BCUT2D eigenvalue weighted by atomic mass is 32.1. The zero-order valence-electron chi connectivity index (χ0n) is 13.5. The van der Waals surface area contributed by atoms with Gasteiger partial charge in [0.25, 0.3) is 0 Å². The number of hydrogen-bond acceptors (Lipinski definition) is 5. The second kappa shape index (κ2) is 7.55. The van der Waals surface area contributed by atoms with Gasteiger partial charge in [-0.3, -0.25) is 4.98 Å². The van der Waals surface area contributed by atoms with E-state index in [2.05, 4.69) is 15.1 Å². The van der Waals surface area contributed by atoms with E-state index in [0.29, 0.717) is 21.7 Å². The van der Waals surface area contributed by atoms with Crippen LogP contribution < -0.4 is 4.80 Å². The van der Waals surface area contributed by atoms with Gasteiger partial charge in [-0.25, -0.2) is 14.1 Å². The summed E-state index contributed by atoms with van der Waals surface area (Å²) < 4.78 is 16.0. The lowest BCUT2D eigenvalue weighted by atomic mass is 10.1. The van der Waals surface area contributed by atoms with Crippen molar-refractivity contribution >= 4 is 34.6 Å². The van der Waals surface area contributed by atoms with E-state index in [9.17, 15) is 4.39 Å². The number of thiazole rings is 1. The van der Waals surface area contributed by atoms with E-state index < -0.39 is 0 Å². The molecule has 4 aromatic rings. The maximum Gasteiger partial charge on any atom is 0.211 e. The van der Waals surface area contributed by atoms with Gasteiger partial charge < -0.3 is 0 Å². The third-order valence-corrected chi connectivity index (χ3v) is 5.09. The van der Waals surface area contributed by atoms with E-state index in [4.69, 9.17) is 0 Å². The number of hydrogen-bond donors (Lipinski definition) is 0. The summed E-state index contributed by atoms with van der Waals surface area (Å²) in [4.78, 5) is 9.32. The first-order valence-electron chi connectivity index (χ1n) is 7.78. The molecule has 0 saturated heterocycles. The molecule has 0 spiro atoms. The lowest BCUT2D eigenvalue weighted by molar-refractivity contribution is 0.629. The van der Waals surface area contributed by atoms with E-state index >= 15 is 0 Å². The van der Waals surface area contributed by atoms with Gasteiger partial charge in [0, 0.05) is 22.7 Å². The van der Waals surface area contributed by atoms with Crippen molar-refractivity contribution in [2.45, 2.75) is 0 Å². The molecule has 0 N–H and O–H groups in total.